The second-order valence-corrected chi connectivity index (χ2v) is 9.07. The van der Waals surface area contributed by atoms with Crippen LogP contribution in [0.2, 0.25) is 0 Å². The van der Waals surface area contributed by atoms with Gasteiger partial charge in [-0.25, -0.2) is 4.79 Å². The van der Waals surface area contributed by atoms with Gasteiger partial charge in [0.15, 0.2) is 6.04 Å². The molecule has 0 aliphatic carbocycles. The van der Waals surface area contributed by atoms with E-state index in [-0.39, 0.29) is 18.9 Å². The molecule has 202 valence electrons. The fraction of sp³-hybridized carbons (Fsp3) is 0.444. The monoisotopic (exact) mass is 519 g/mol. The summed E-state index contributed by atoms with van der Waals surface area (Å²) in [7, 11) is 0. The Morgan fingerprint density at radius 2 is 1.43 bits per heavy atom. The number of carbonyl (C=O) groups is 3. The Balaban J connectivity index is 2.01. The number of nitrogens with one attached hydrogen (secondary N) is 2. The predicted octanol–water partition coefficient (Wildman–Crippen LogP) is 2.94. The van der Waals surface area contributed by atoms with Crippen LogP contribution in [0.3, 0.4) is 0 Å². The van der Waals surface area contributed by atoms with Crippen molar-refractivity contribution in [1.82, 2.24) is 10.6 Å². The third-order valence-electron chi connectivity index (χ3n) is 5.48. The molecule has 2 aromatic carbocycles. The van der Waals surface area contributed by atoms with Crippen LogP contribution in [-0.2, 0) is 36.9 Å². The Bertz CT molecular complexity index is 977. The van der Waals surface area contributed by atoms with E-state index in [0.29, 0.717) is 18.4 Å². The first-order valence-corrected chi connectivity index (χ1v) is 12.2. The fourth-order valence-corrected chi connectivity index (χ4v) is 3.52. The maximum absolute atomic E-state index is 13.0. The molecule has 0 aliphatic heterocycles. The fourth-order valence-electron chi connectivity index (χ4n) is 3.52. The van der Waals surface area contributed by atoms with Crippen molar-refractivity contribution in [3.63, 3.8) is 0 Å². The maximum atomic E-state index is 13.0. The van der Waals surface area contributed by atoms with E-state index in [4.69, 9.17) is 10.5 Å². The predicted molar refractivity (Wildman–Crippen MR) is 134 cm³/mol. The Hall–Kier alpha value is -3.37. The van der Waals surface area contributed by atoms with Gasteiger partial charge in [-0.15, -0.1) is 0 Å². The van der Waals surface area contributed by atoms with Gasteiger partial charge >= 0.3 is 12.6 Å². The Kier molecular flexibility index (Phi) is 12.7. The number of rotatable bonds is 15. The summed E-state index contributed by atoms with van der Waals surface area (Å²) in [5.41, 5.74) is 7.76. The first-order valence-electron chi connectivity index (χ1n) is 12.2. The van der Waals surface area contributed by atoms with E-state index in [0.717, 1.165) is 5.56 Å². The zero-order chi connectivity index (χ0) is 27.2. The molecule has 2 aromatic rings. The molecule has 0 saturated carbocycles. The number of benzene rings is 2. The van der Waals surface area contributed by atoms with E-state index < -0.39 is 49.1 Å². The van der Waals surface area contributed by atoms with Gasteiger partial charge in [-0.3, -0.25) is 9.59 Å². The topological polar surface area (TPSA) is 120 Å². The highest BCUT2D eigenvalue weighted by molar-refractivity contribution is 5.92. The van der Waals surface area contributed by atoms with E-state index >= 15 is 0 Å². The molecule has 0 heterocycles. The minimum absolute atomic E-state index is 0.00242. The number of halogens is 2. The molecule has 0 fully saturated rings. The minimum atomic E-state index is -3.14. The van der Waals surface area contributed by atoms with Crippen molar-refractivity contribution in [2.24, 2.45) is 11.7 Å². The molecule has 0 spiro atoms. The molecule has 0 radical (unpaired) electrons. The lowest BCUT2D eigenvalue weighted by Gasteiger charge is -2.25. The molecule has 4 N–H and O–H groups in total. The van der Waals surface area contributed by atoms with Crippen LogP contribution in [0.25, 0.3) is 0 Å². The minimum Gasteiger partial charge on any atom is -0.459 e. The van der Waals surface area contributed by atoms with Crippen LogP contribution >= 0.6 is 0 Å². The lowest BCUT2D eigenvalue weighted by Crippen LogP contribution is -2.56. The number of alkyl halides is 2. The normalized spacial score (nSPS) is 13.6. The van der Waals surface area contributed by atoms with Gasteiger partial charge in [0.05, 0.1) is 12.6 Å². The number of aryl methyl sites for hydroxylation is 1. The van der Waals surface area contributed by atoms with Gasteiger partial charge in [0, 0.05) is 0 Å². The van der Waals surface area contributed by atoms with Crippen LogP contribution in [0.4, 0.5) is 8.78 Å². The van der Waals surface area contributed by atoms with Crippen LogP contribution in [-0.4, -0.2) is 49.1 Å². The first kappa shape index (κ1) is 29.9. The molecule has 3 atom stereocenters. The summed E-state index contributed by atoms with van der Waals surface area (Å²) in [4.78, 5) is 38.3. The second-order valence-electron chi connectivity index (χ2n) is 9.07. The van der Waals surface area contributed by atoms with Gasteiger partial charge in [0.25, 0.3) is 0 Å². The average molecular weight is 520 g/mol. The van der Waals surface area contributed by atoms with Crippen molar-refractivity contribution >= 4 is 17.8 Å². The molecule has 2 rings (SSSR count). The van der Waals surface area contributed by atoms with Crippen molar-refractivity contribution < 1.29 is 32.6 Å². The maximum Gasteiger partial charge on any atom is 0.345 e. The Morgan fingerprint density at radius 3 is 2.00 bits per heavy atom. The van der Waals surface area contributed by atoms with Crippen molar-refractivity contribution in [3.8, 4) is 0 Å². The van der Waals surface area contributed by atoms with Gasteiger partial charge < -0.3 is 25.8 Å². The Morgan fingerprint density at radius 1 is 0.865 bits per heavy atom. The molecule has 0 unspecified atom stereocenters. The quantitative estimate of drug-likeness (QED) is 0.311. The van der Waals surface area contributed by atoms with Crippen LogP contribution < -0.4 is 16.4 Å². The van der Waals surface area contributed by atoms with E-state index in [9.17, 15) is 23.2 Å². The molecule has 37 heavy (non-hydrogen) atoms. The lowest BCUT2D eigenvalue weighted by molar-refractivity contribution is -0.161. The summed E-state index contributed by atoms with van der Waals surface area (Å²) in [6.45, 7) is -0.338. The molecule has 8 nitrogen and oxygen atoms in total. The van der Waals surface area contributed by atoms with Crippen LogP contribution in [0.1, 0.15) is 37.8 Å². The van der Waals surface area contributed by atoms with Gasteiger partial charge in [-0.05, 0) is 36.3 Å². The number of ether oxygens (including phenoxy) is 2. The van der Waals surface area contributed by atoms with Gasteiger partial charge in [-0.2, -0.15) is 8.78 Å². The SMILES string of the molecule is CC(C)C[C@H](NC(=O)[C@@H](N)CCc1ccccc1)C(=O)N[C@@H](COC(F)F)C(=O)OCc1ccccc1. The number of hydrogen-bond donors (Lipinski definition) is 3. The van der Waals surface area contributed by atoms with E-state index in [1.165, 1.54) is 0 Å². The summed E-state index contributed by atoms with van der Waals surface area (Å²) in [5.74, 6) is -2.19. The lowest BCUT2D eigenvalue weighted by atomic mass is 10.0. The Labute approximate surface area is 215 Å². The molecule has 10 heteroatoms. The zero-order valence-corrected chi connectivity index (χ0v) is 21.1. The highest BCUT2D eigenvalue weighted by atomic mass is 19.3. The number of hydrogen-bond acceptors (Lipinski definition) is 6. The molecule has 0 aliphatic rings. The van der Waals surface area contributed by atoms with Crippen molar-refractivity contribution in [2.45, 2.75) is 64.5 Å². The standard InChI is InChI=1S/C27H35F2N3O5/c1-18(2)15-22(31-24(33)21(30)14-13-19-9-5-3-6-10-19)25(34)32-23(17-37-27(28)29)26(35)36-16-20-11-7-4-8-12-20/h3-12,18,21-23,27H,13-17,30H2,1-2H3,(H,31,33)(H,32,34)/t21-,22-,23-/m0/s1. The van der Waals surface area contributed by atoms with Crippen molar-refractivity contribution in [3.05, 3.63) is 71.8 Å². The van der Waals surface area contributed by atoms with Gasteiger partial charge in [-0.1, -0.05) is 74.5 Å². The molecule has 0 aromatic heterocycles. The molecular formula is C27H35F2N3O5. The molecule has 0 saturated heterocycles. The summed E-state index contributed by atoms with van der Waals surface area (Å²) in [6.07, 6.45) is 1.18. The smallest absolute Gasteiger partial charge is 0.345 e. The van der Waals surface area contributed by atoms with Crippen LogP contribution in [0.15, 0.2) is 60.7 Å². The second kappa shape index (κ2) is 15.7. The average Bonchev–Trinajstić information content (AvgIpc) is 2.88. The van der Waals surface area contributed by atoms with Crippen LogP contribution in [0.5, 0.6) is 0 Å². The third kappa shape index (κ3) is 11.5. The summed E-state index contributed by atoms with van der Waals surface area (Å²) in [6, 6.07) is 14.9. The van der Waals surface area contributed by atoms with Crippen LogP contribution in [0, 0.1) is 5.92 Å². The number of amides is 2. The first-order chi connectivity index (χ1) is 17.7. The number of esters is 1. The third-order valence-corrected chi connectivity index (χ3v) is 5.48. The summed E-state index contributed by atoms with van der Waals surface area (Å²) >= 11 is 0. The van der Waals surface area contributed by atoms with Crippen molar-refractivity contribution in [1.29, 1.82) is 0 Å². The summed E-state index contributed by atoms with van der Waals surface area (Å²) in [5, 5.41) is 5.02. The van der Waals surface area contributed by atoms with Crippen molar-refractivity contribution in [2.75, 3.05) is 6.61 Å². The molecular weight excluding hydrogens is 484 g/mol. The number of nitrogens with two attached hydrogens (primary N) is 1. The highest BCUT2D eigenvalue weighted by Crippen LogP contribution is 2.09. The van der Waals surface area contributed by atoms with E-state index in [2.05, 4.69) is 15.4 Å². The van der Waals surface area contributed by atoms with E-state index in [1.807, 2.05) is 44.2 Å². The molecule has 0 bridgehead atoms. The number of carbonyl (C=O) groups excluding carboxylic acids is 3. The zero-order valence-electron chi connectivity index (χ0n) is 21.1. The van der Waals surface area contributed by atoms with Gasteiger partial charge in [0.2, 0.25) is 11.8 Å². The largest absolute Gasteiger partial charge is 0.459 e. The van der Waals surface area contributed by atoms with E-state index in [1.54, 1.807) is 30.3 Å². The summed E-state index contributed by atoms with van der Waals surface area (Å²) < 4.78 is 34.8. The van der Waals surface area contributed by atoms with Gasteiger partial charge in [0.1, 0.15) is 12.6 Å². The highest BCUT2D eigenvalue weighted by Gasteiger charge is 2.30. The molecule has 2 amide bonds.